The fourth-order valence-corrected chi connectivity index (χ4v) is 4.11. The number of amides is 2. The highest BCUT2D eigenvalue weighted by molar-refractivity contribution is 7.08. The van der Waals surface area contributed by atoms with Crippen molar-refractivity contribution in [3.8, 4) is 0 Å². The van der Waals surface area contributed by atoms with Gasteiger partial charge in [0, 0.05) is 43.4 Å². The molecule has 28 heavy (non-hydrogen) atoms. The van der Waals surface area contributed by atoms with E-state index in [4.69, 9.17) is 11.6 Å². The van der Waals surface area contributed by atoms with E-state index in [1.54, 1.807) is 29.5 Å². The summed E-state index contributed by atoms with van der Waals surface area (Å²) in [6, 6.07) is 7.32. The maximum atomic E-state index is 12.4. The van der Waals surface area contributed by atoms with Crippen LogP contribution in [0.25, 0.3) is 0 Å². The molecule has 0 aliphatic carbocycles. The molecule has 1 atom stereocenters. The third kappa shape index (κ3) is 5.32. The van der Waals surface area contributed by atoms with Crippen LogP contribution in [-0.4, -0.2) is 61.4 Å². The number of likely N-dealkylation sites (N-methyl/N-ethyl adjacent to an activating group) is 1. The van der Waals surface area contributed by atoms with Crippen LogP contribution < -0.4 is 10.6 Å². The number of piperazine rings is 1. The third-order valence-electron chi connectivity index (χ3n) is 5.02. The highest BCUT2D eigenvalue weighted by Gasteiger charge is 2.25. The highest BCUT2D eigenvalue weighted by Crippen LogP contribution is 2.24. The molecule has 150 valence electrons. The van der Waals surface area contributed by atoms with E-state index in [1.807, 2.05) is 12.3 Å². The lowest BCUT2D eigenvalue weighted by Crippen LogP contribution is -2.49. The van der Waals surface area contributed by atoms with Gasteiger partial charge in [-0.05, 0) is 54.1 Å². The van der Waals surface area contributed by atoms with Gasteiger partial charge in [-0.15, -0.1) is 0 Å². The van der Waals surface area contributed by atoms with Gasteiger partial charge in [0.1, 0.15) is 0 Å². The first-order valence-electron chi connectivity index (χ1n) is 9.24. The Bertz CT molecular complexity index is 820. The van der Waals surface area contributed by atoms with Crippen LogP contribution in [0.1, 0.15) is 17.2 Å². The standard InChI is InChI=1S/C20H25ClN4O2S/c1-14-3-4-16(21)11-17(14)23-20(27)19(26)22-12-18(15-5-10-28-13-15)25-8-6-24(2)7-9-25/h3-5,10-11,13,18H,6-9,12H2,1-2H3,(H,22,26)(H,23,27). The van der Waals surface area contributed by atoms with E-state index in [0.29, 0.717) is 17.3 Å². The van der Waals surface area contributed by atoms with Gasteiger partial charge in [0.2, 0.25) is 0 Å². The summed E-state index contributed by atoms with van der Waals surface area (Å²) in [6.07, 6.45) is 0. The van der Waals surface area contributed by atoms with Crippen molar-refractivity contribution in [3.63, 3.8) is 0 Å². The quantitative estimate of drug-likeness (QED) is 0.730. The lowest BCUT2D eigenvalue weighted by molar-refractivity contribution is -0.136. The van der Waals surface area contributed by atoms with Crippen LogP contribution in [0.4, 0.5) is 5.69 Å². The first-order chi connectivity index (χ1) is 13.4. The van der Waals surface area contributed by atoms with E-state index in [-0.39, 0.29) is 6.04 Å². The van der Waals surface area contributed by atoms with E-state index >= 15 is 0 Å². The van der Waals surface area contributed by atoms with Crippen molar-refractivity contribution in [1.82, 2.24) is 15.1 Å². The molecule has 8 heteroatoms. The number of carbonyl (C=O) groups excluding carboxylic acids is 2. The summed E-state index contributed by atoms with van der Waals surface area (Å²) < 4.78 is 0. The number of rotatable bonds is 5. The fraction of sp³-hybridized carbons (Fsp3) is 0.400. The minimum absolute atomic E-state index is 0.0598. The van der Waals surface area contributed by atoms with Crippen LogP contribution >= 0.6 is 22.9 Å². The lowest BCUT2D eigenvalue weighted by Gasteiger charge is -2.37. The minimum Gasteiger partial charge on any atom is -0.346 e. The maximum Gasteiger partial charge on any atom is 0.313 e. The van der Waals surface area contributed by atoms with Gasteiger partial charge < -0.3 is 15.5 Å². The van der Waals surface area contributed by atoms with Gasteiger partial charge in [-0.2, -0.15) is 11.3 Å². The topological polar surface area (TPSA) is 64.7 Å². The number of halogens is 1. The molecule has 3 rings (SSSR count). The van der Waals surface area contributed by atoms with Gasteiger partial charge >= 0.3 is 11.8 Å². The Morgan fingerprint density at radius 3 is 2.61 bits per heavy atom. The Morgan fingerprint density at radius 2 is 1.93 bits per heavy atom. The first kappa shape index (κ1) is 20.8. The minimum atomic E-state index is -0.687. The van der Waals surface area contributed by atoms with E-state index in [1.165, 1.54) is 5.56 Å². The second-order valence-electron chi connectivity index (χ2n) is 7.04. The van der Waals surface area contributed by atoms with Crippen LogP contribution in [-0.2, 0) is 9.59 Å². The Morgan fingerprint density at radius 1 is 1.18 bits per heavy atom. The SMILES string of the molecule is Cc1ccc(Cl)cc1NC(=O)C(=O)NCC(c1ccsc1)N1CCN(C)CC1. The molecule has 0 spiro atoms. The summed E-state index contributed by atoms with van der Waals surface area (Å²) in [7, 11) is 2.11. The molecule has 1 aromatic carbocycles. The zero-order chi connectivity index (χ0) is 20.1. The van der Waals surface area contributed by atoms with Crippen LogP contribution in [0.15, 0.2) is 35.0 Å². The number of nitrogens with one attached hydrogen (secondary N) is 2. The maximum absolute atomic E-state index is 12.4. The van der Waals surface area contributed by atoms with E-state index in [0.717, 1.165) is 31.7 Å². The van der Waals surface area contributed by atoms with E-state index in [9.17, 15) is 9.59 Å². The molecule has 2 aromatic rings. The summed E-state index contributed by atoms with van der Waals surface area (Å²) in [6.45, 7) is 6.08. The third-order valence-corrected chi connectivity index (χ3v) is 5.95. The van der Waals surface area contributed by atoms with Crippen molar-refractivity contribution in [2.75, 3.05) is 45.1 Å². The summed E-state index contributed by atoms with van der Waals surface area (Å²) in [5.41, 5.74) is 2.56. The Balaban J connectivity index is 1.61. The molecule has 2 amide bonds. The Kier molecular flexibility index (Phi) is 7.07. The molecule has 2 heterocycles. The molecule has 1 fully saturated rings. The Labute approximate surface area is 174 Å². The normalized spacial score (nSPS) is 16.5. The van der Waals surface area contributed by atoms with Crippen LogP contribution in [0.2, 0.25) is 5.02 Å². The molecule has 1 aliphatic rings. The fourth-order valence-electron chi connectivity index (χ4n) is 3.23. The molecule has 1 unspecified atom stereocenters. The van der Waals surface area contributed by atoms with Gasteiger partial charge in [0.15, 0.2) is 0 Å². The number of nitrogens with zero attached hydrogens (tertiary/aromatic N) is 2. The summed E-state index contributed by atoms with van der Waals surface area (Å²) in [5.74, 6) is -1.33. The predicted molar refractivity (Wildman–Crippen MR) is 114 cm³/mol. The summed E-state index contributed by atoms with van der Waals surface area (Å²) in [4.78, 5) is 29.3. The van der Waals surface area contributed by atoms with Gasteiger partial charge in [-0.1, -0.05) is 17.7 Å². The predicted octanol–water partition coefficient (Wildman–Crippen LogP) is 2.75. The average Bonchev–Trinajstić information content (AvgIpc) is 3.20. The summed E-state index contributed by atoms with van der Waals surface area (Å²) >= 11 is 7.61. The molecule has 1 saturated heterocycles. The first-order valence-corrected chi connectivity index (χ1v) is 10.6. The second-order valence-corrected chi connectivity index (χ2v) is 8.25. The second kappa shape index (κ2) is 9.52. The molecule has 0 bridgehead atoms. The lowest BCUT2D eigenvalue weighted by atomic mass is 10.1. The van der Waals surface area contributed by atoms with E-state index < -0.39 is 11.8 Å². The zero-order valence-corrected chi connectivity index (χ0v) is 17.6. The number of carbonyl (C=O) groups is 2. The van der Waals surface area contributed by atoms with Crippen molar-refractivity contribution in [3.05, 3.63) is 51.2 Å². The van der Waals surface area contributed by atoms with E-state index in [2.05, 4.69) is 38.9 Å². The van der Waals surface area contributed by atoms with Crippen LogP contribution in [0.3, 0.4) is 0 Å². The summed E-state index contributed by atoms with van der Waals surface area (Å²) in [5, 5.41) is 10.1. The molecule has 1 aromatic heterocycles. The van der Waals surface area contributed by atoms with Gasteiger partial charge in [-0.3, -0.25) is 14.5 Å². The molecule has 6 nitrogen and oxygen atoms in total. The highest BCUT2D eigenvalue weighted by atomic mass is 35.5. The monoisotopic (exact) mass is 420 g/mol. The van der Waals surface area contributed by atoms with Gasteiger partial charge in [-0.25, -0.2) is 0 Å². The molecular formula is C20H25ClN4O2S. The van der Waals surface area contributed by atoms with Crippen molar-refractivity contribution < 1.29 is 9.59 Å². The van der Waals surface area contributed by atoms with Crippen LogP contribution in [0.5, 0.6) is 0 Å². The number of anilines is 1. The number of benzene rings is 1. The van der Waals surface area contributed by atoms with Crippen LogP contribution in [0, 0.1) is 6.92 Å². The van der Waals surface area contributed by atoms with Gasteiger partial charge in [0.25, 0.3) is 0 Å². The van der Waals surface area contributed by atoms with Crippen molar-refractivity contribution in [2.45, 2.75) is 13.0 Å². The molecule has 2 N–H and O–H groups in total. The smallest absolute Gasteiger partial charge is 0.313 e. The van der Waals surface area contributed by atoms with Crippen molar-refractivity contribution >= 4 is 40.4 Å². The number of thiophene rings is 1. The molecular weight excluding hydrogens is 396 g/mol. The average molecular weight is 421 g/mol. The molecule has 0 radical (unpaired) electrons. The molecule has 1 aliphatic heterocycles. The van der Waals surface area contributed by atoms with Crippen molar-refractivity contribution in [1.29, 1.82) is 0 Å². The molecule has 0 saturated carbocycles. The largest absolute Gasteiger partial charge is 0.346 e. The number of aryl methyl sites for hydroxylation is 1. The number of hydrogen-bond donors (Lipinski definition) is 2. The zero-order valence-electron chi connectivity index (χ0n) is 16.1. The number of hydrogen-bond acceptors (Lipinski definition) is 5. The van der Waals surface area contributed by atoms with Gasteiger partial charge in [0.05, 0.1) is 6.04 Å². The van der Waals surface area contributed by atoms with Crippen molar-refractivity contribution in [2.24, 2.45) is 0 Å². The Hall–Kier alpha value is -1.93.